The van der Waals surface area contributed by atoms with E-state index < -0.39 is 21.9 Å². The molecule has 2 N–H and O–H groups in total. The lowest BCUT2D eigenvalue weighted by atomic mass is 10.1. The van der Waals surface area contributed by atoms with Gasteiger partial charge in [-0.15, -0.1) is 0 Å². The fourth-order valence-corrected chi connectivity index (χ4v) is 3.23. The van der Waals surface area contributed by atoms with Gasteiger partial charge in [-0.05, 0) is 40.1 Å². The number of nitrogens with zero attached hydrogens (tertiary/aromatic N) is 1. The summed E-state index contributed by atoms with van der Waals surface area (Å²) < 4.78 is 5.89. The number of hydrogen-bond acceptors (Lipinski definition) is 5. The first-order chi connectivity index (χ1) is 15.0. The summed E-state index contributed by atoms with van der Waals surface area (Å²) in [6.45, 7) is 0.413. The van der Waals surface area contributed by atoms with E-state index in [1.165, 1.54) is 6.08 Å². The predicted molar refractivity (Wildman–Crippen MR) is 118 cm³/mol. The molecule has 154 valence electrons. The van der Waals surface area contributed by atoms with Gasteiger partial charge in [0.2, 0.25) is 0 Å². The largest absolute Gasteiger partial charge is 0.489 e. The molecule has 3 aromatic carbocycles. The Morgan fingerprint density at radius 3 is 2.42 bits per heavy atom. The molecule has 0 fully saturated rings. The first-order valence-electron chi connectivity index (χ1n) is 9.40. The molecule has 0 bridgehead atoms. The predicted octanol–water partition coefficient (Wildman–Crippen LogP) is 3.87. The van der Waals surface area contributed by atoms with E-state index in [4.69, 9.17) is 4.74 Å². The zero-order valence-corrected chi connectivity index (χ0v) is 16.2. The van der Waals surface area contributed by atoms with Gasteiger partial charge in [0.15, 0.2) is 0 Å². The van der Waals surface area contributed by atoms with Crippen molar-refractivity contribution in [2.24, 2.45) is 0 Å². The fourth-order valence-electron chi connectivity index (χ4n) is 3.23. The number of aromatic amines is 2. The zero-order chi connectivity index (χ0) is 21.8. The van der Waals surface area contributed by atoms with Gasteiger partial charge < -0.3 is 9.72 Å². The zero-order valence-electron chi connectivity index (χ0n) is 16.2. The molecule has 0 aliphatic heterocycles. The van der Waals surface area contributed by atoms with E-state index in [2.05, 4.69) is 23.2 Å². The lowest BCUT2D eigenvalue weighted by Crippen LogP contribution is -2.25. The number of ether oxygens (including phenoxy) is 1. The van der Waals surface area contributed by atoms with Gasteiger partial charge in [-0.1, -0.05) is 60.7 Å². The number of hydrogen-bond donors (Lipinski definition) is 2. The summed E-state index contributed by atoms with van der Waals surface area (Å²) in [5.41, 5.74) is -0.959. The van der Waals surface area contributed by atoms with Crippen LogP contribution in [0, 0.1) is 10.1 Å². The molecule has 0 amide bonds. The van der Waals surface area contributed by atoms with Crippen LogP contribution in [0.15, 0.2) is 76.3 Å². The quantitative estimate of drug-likeness (QED) is 0.366. The van der Waals surface area contributed by atoms with Crippen LogP contribution in [0.3, 0.4) is 0 Å². The lowest BCUT2D eigenvalue weighted by molar-refractivity contribution is -0.386. The molecule has 0 radical (unpaired) electrons. The summed E-state index contributed by atoms with van der Waals surface area (Å²) in [5.74, 6) is 0.667. The number of H-pyrrole nitrogens is 2. The summed E-state index contributed by atoms with van der Waals surface area (Å²) in [6, 6.07) is 21.3. The standard InChI is InChI=1S/C23H17N3O5/c27-22-21(26(29)30)20(24-23(28)25-22)13-10-15-8-11-18(12-9-15)31-14-17-6-3-5-16-4-1-2-7-19(16)17/h1-13H,14H2,(H2,24,25,27,28)/b13-10-. The Balaban J connectivity index is 1.50. The molecule has 0 saturated heterocycles. The Labute approximate surface area is 175 Å². The monoisotopic (exact) mass is 415 g/mol. The van der Waals surface area contributed by atoms with Gasteiger partial charge in [0.1, 0.15) is 18.1 Å². The van der Waals surface area contributed by atoms with E-state index >= 15 is 0 Å². The number of benzene rings is 3. The molecule has 0 saturated carbocycles. The van der Waals surface area contributed by atoms with E-state index in [9.17, 15) is 19.7 Å². The fraction of sp³-hybridized carbons (Fsp3) is 0.0435. The summed E-state index contributed by atoms with van der Waals surface area (Å²) in [4.78, 5) is 37.5. The Bertz CT molecular complexity index is 1400. The van der Waals surface area contributed by atoms with Crippen LogP contribution >= 0.6 is 0 Å². The summed E-state index contributed by atoms with van der Waals surface area (Å²) in [7, 11) is 0. The highest BCUT2D eigenvalue weighted by molar-refractivity contribution is 5.85. The highest BCUT2D eigenvalue weighted by atomic mass is 16.6. The van der Waals surface area contributed by atoms with E-state index in [1.54, 1.807) is 30.3 Å². The second-order valence-electron chi connectivity index (χ2n) is 6.76. The first-order valence-corrected chi connectivity index (χ1v) is 9.40. The van der Waals surface area contributed by atoms with E-state index in [0.717, 1.165) is 16.3 Å². The van der Waals surface area contributed by atoms with Crippen LogP contribution < -0.4 is 16.0 Å². The molecule has 0 atom stereocenters. The maximum atomic E-state index is 11.7. The van der Waals surface area contributed by atoms with Crippen LogP contribution in [-0.4, -0.2) is 14.9 Å². The number of nitro groups is 1. The van der Waals surface area contributed by atoms with E-state index in [0.29, 0.717) is 17.9 Å². The highest BCUT2D eigenvalue weighted by Crippen LogP contribution is 2.21. The second-order valence-corrected chi connectivity index (χ2v) is 6.76. The minimum absolute atomic E-state index is 0.171. The number of nitrogens with one attached hydrogen (secondary N) is 2. The van der Waals surface area contributed by atoms with Crippen molar-refractivity contribution in [3.8, 4) is 5.75 Å². The molecule has 0 spiro atoms. The van der Waals surface area contributed by atoms with Crippen molar-refractivity contribution in [1.29, 1.82) is 0 Å². The van der Waals surface area contributed by atoms with Crippen molar-refractivity contribution in [1.82, 2.24) is 9.97 Å². The van der Waals surface area contributed by atoms with Crippen molar-refractivity contribution in [3.05, 3.63) is 115 Å². The Morgan fingerprint density at radius 2 is 1.65 bits per heavy atom. The molecule has 0 unspecified atom stereocenters. The Hall–Kier alpha value is -4.46. The van der Waals surface area contributed by atoms with Crippen molar-refractivity contribution in [3.63, 3.8) is 0 Å². The van der Waals surface area contributed by atoms with Crippen molar-refractivity contribution >= 4 is 28.6 Å². The Morgan fingerprint density at radius 1 is 0.903 bits per heavy atom. The minimum Gasteiger partial charge on any atom is -0.489 e. The molecule has 1 heterocycles. The normalized spacial score (nSPS) is 11.1. The van der Waals surface area contributed by atoms with Gasteiger partial charge in [-0.25, -0.2) is 4.79 Å². The number of fused-ring (bicyclic) bond motifs is 1. The third-order valence-electron chi connectivity index (χ3n) is 4.72. The second kappa shape index (κ2) is 8.50. The smallest absolute Gasteiger partial charge is 0.357 e. The molecule has 0 aliphatic rings. The lowest BCUT2D eigenvalue weighted by Gasteiger charge is -2.09. The van der Waals surface area contributed by atoms with Gasteiger partial charge in [-0.3, -0.25) is 19.9 Å². The van der Waals surface area contributed by atoms with Crippen LogP contribution in [0.5, 0.6) is 5.75 Å². The summed E-state index contributed by atoms with van der Waals surface area (Å²) in [5, 5.41) is 13.4. The molecule has 1 aromatic heterocycles. The van der Waals surface area contributed by atoms with Crippen LogP contribution in [0.1, 0.15) is 16.8 Å². The maximum absolute atomic E-state index is 11.7. The molecule has 8 heteroatoms. The highest BCUT2D eigenvalue weighted by Gasteiger charge is 2.18. The SMILES string of the molecule is O=c1[nH]c(/C=C\c2ccc(OCc3cccc4ccccc34)cc2)c([N+](=O)[O-])c(=O)[nH]1. The van der Waals surface area contributed by atoms with Crippen molar-refractivity contribution < 1.29 is 9.66 Å². The minimum atomic E-state index is -1.05. The molecular formula is C23H17N3O5. The molecule has 4 aromatic rings. The number of aromatic nitrogens is 2. The average Bonchev–Trinajstić information content (AvgIpc) is 2.76. The van der Waals surface area contributed by atoms with E-state index in [1.807, 2.05) is 29.2 Å². The molecule has 8 nitrogen and oxygen atoms in total. The van der Waals surface area contributed by atoms with E-state index in [-0.39, 0.29) is 5.69 Å². The Kier molecular flexibility index (Phi) is 5.44. The van der Waals surface area contributed by atoms with Crippen LogP contribution in [0.4, 0.5) is 5.69 Å². The molecule has 0 aliphatic carbocycles. The third-order valence-corrected chi connectivity index (χ3v) is 4.72. The van der Waals surface area contributed by atoms with Crippen LogP contribution in [0.2, 0.25) is 0 Å². The first kappa shape index (κ1) is 19.8. The van der Waals surface area contributed by atoms with Crippen molar-refractivity contribution in [2.75, 3.05) is 0 Å². The van der Waals surface area contributed by atoms with Gasteiger partial charge >= 0.3 is 16.9 Å². The van der Waals surface area contributed by atoms with Gasteiger partial charge in [0, 0.05) is 0 Å². The van der Waals surface area contributed by atoms with Crippen LogP contribution in [0.25, 0.3) is 22.9 Å². The number of rotatable bonds is 6. The van der Waals surface area contributed by atoms with Gasteiger partial charge in [0.05, 0.1) is 4.92 Å². The molecule has 4 rings (SSSR count). The van der Waals surface area contributed by atoms with Crippen LogP contribution in [-0.2, 0) is 6.61 Å². The van der Waals surface area contributed by atoms with Gasteiger partial charge in [-0.2, -0.15) is 0 Å². The van der Waals surface area contributed by atoms with Crippen molar-refractivity contribution in [2.45, 2.75) is 6.61 Å². The molecule has 31 heavy (non-hydrogen) atoms. The average molecular weight is 415 g/mol. The summed E-state index contributed by atoms with van der Waals surface area (Å²) in [6.07, 6.45) is 2.88. The van der Waals surface area contributed by atoms with Gasteiger partial charge in [0.25, 0.3) is 0 Å². The summed E-state index contributed by atoms with van der Waals surface area (Å²) >= 11 is 0. The maximum Gasteiger partial charge on any atom is 0.357 e. The third kappa shape index (κ3) is 4.43. The molecular weight excluding hydrogens is 398 g/mol. The topological polar surface area (TPSA) is 118 Å².